The molecule has 1 aliphatic carbocycles. The molecule has 1 aliphatic heterocycles. The van der Waals surface area contributed by atoms with Gasteiger partial charge in [0.2, 0.25) is 0 Å². The van der Waals surface area contributed by atoms with Crippen molar-refractivity contribution in [2.45, 2.75) is 49.5 Å². The van der Waals surface area contributed by atoms with Gasteiger partial charge in [-0.3, -0.25) is 9.52 Å². The van der Waals surface area contributed by atoms with Crippen LogP contribution in [-0.4, -0.2) is 31.8 Å². The Kier molecular flexibility index (Phi) is 5.58. The number of halogens is 1. The van der Waals surface area contributed by atoms with Crippen molar-refractivity contribution in [1.82, 2.24) is 4.90 Å². The molecular weight excluding hydrogens is 391 g/mol. The maximum absolute atomic E-state index is 13.1. The number of amides is 1. The van der Waals surface area contributed by atoms with E-state index in [1.807, 2.05) is 4.90 Å². The smallest absolute Gasteiger partial charge is 0.261 e. The van der Waals surface area contributed by atoms with E-state index in [9.17, 15) is 17.6 Å². The number of piperidine rings is 1. The summed E-state index contributed by atoms with van der Waals surface area (Å²) in [7, 11) is -3.81. The van der Waals surface area contributed by atoms with Gasteiger partial charge in [0.25, 0.3) is 15.9 Å². The van der Waals surface area contributed by atoms with E-state index in [0.29, 0.717) is 23.2 Å². The number of anilines is 1. The van der Waals surface area contributed by atoms with E-state index in [1.54, 1.807) is 24.3 Å². The molecule has 2 atom stereocenters. The number of rotatable bonds is 4. The molecule has 0 aromatic heterocycles. The molecule has 1 saturated heterocycles. The molecule has 1 saturated carbocycles. The first kappa shape index (κ1) is 19.9. The molecule has 0 bridgehead atoms. The molecule has 154 valence electrons. The number of hydrogen-bond acceptors (Lipinski definition) is 3. The number of likely N-dealkylation sites (tertiary alicyclic amines) is 1. The van der Waals surface area contributed by atoms with Crippen molar-refractivity contribution in [2.75, 3.05) is 11.3 Å². The number of fused-ring (bicyclic) bond motifs is 1. The van der Waals surface area contributed by atoms with Gasteiger partial charge in [-0.1, -0.05) is 12.8 Å². The highest BCUT2D eigenvalue weighted by Gasteiger charge is 2.35. The first-order chi connectivity index (χ1) is 13.9. The molecule has 2 aliphatic rings. The van der Waals surface area contributed by atoms with Crippen molar-refractivity contribution < 1.29 is 17.6 Å². The van der Waals surface area contributed by atoms with Crippen LogP contribution in [0.2, 0.25) is 0 Å². The van der Waals surface area contributed by atoms with Crippen molar-refractivity contribution in [3.63, 3.8) is 0 Å². The highest BCUT2D eigenvalue weighted by Crippen LogP contribution is 2.36. The molecule has 1 N–H and O–H groups in total. The molecule has 0 unspecified atom stereocenters. The Balaban J connectivity index is 1.47. The summed E-state index contributed by atoms with van der Waals surface area (Å²) in [5.74, 6) is 0.141. The third-order valence-electron chi connectivity index (χ3n) is 6.01. The fraction of sp³-hybridized carbons (Fsp3) is 0.409. The van der Waals surface area contributed by atoms with Crippen LogP contribution in [0.3, 0.4) is 0 Å². The number of carbonyl (C=O) groups excluding carboxylic acids is 1. The predicted molar refractivity (Wildman–Crippen MR) is 110 cm³/mol. The van der Waals surface area contributed by atoms with Crippen LogP contribution in [0, 0.1) is 11.7 Å². The average molecular weight is 417 g/mol. The summed E-state index contributed by atoms with van der Waals surface area (Å²) in [6.07, 6.45) is 6.96. The average Bonchev–Trinajstić information content (AvgIpc) is 2.73. The molecule has 7 heteroatoms. The molecular formula is C22H25FN2O3S. The minimum Gasteiger partial charge on any atom is -0.335 e. The summed E-state index contributed by atoms with van der Waals surface area (Å²) in [5, 5.41) is 0. The van der Waals surface area contributed by atoms with Gasteiger partial charge in [-0.25, -0.2) is 12.8 Å². The van der Waals surface area contributed by atoms with Crippen LogP contribution < -0.4 is 4.72 Å². The number of hydrogen-bond donors (Lipinski definition) is 1. The van der Waals surface area contributed by atoms with Crippen LogP contribution in [0.25, 0.3) is 0 Å². The topological polar surface area (TPSA) is 66.5 Å². The molecule has 1 amide bonds. The molecule has 2 aromatic rings. The monoisotopic (exact) mass is 416 g/mol. The third-order valence-corrected chi connectivity index (χ3v) is 7.41. The van der Waals surface area contributed by atoms with Gasteiger partial charge < -0.3 is 4.90 Å². The molecule has 5 nitrogen and oxygen atoms in total. The zero-order valence-electron chi connectivity index (χ0n) is 16.2. The third kappa shape index (κ3) is 4.29. The summed E-state index contributed by atoms with van der Waals surface area (Å²) in [5.41, 5.74) is 0.931. The second-order valence-corrected chi connectivity index (χ2v) is 9.57. The number of benzene rings is 2. The van der Waals surface area contributed by atoms with E-state index >= 15 is 0 Å². The highest BCUT2D eigenvalue weighted by atomic mass is 32.2. The van der Waals surface area contributed by atoms with Crippen LogP contribution in [-0.2, 0) is 10.0 Å². The molecule has 0 spiro atoms. The van der Waals surface area contributed by atoms with Crippen LogP contribution in [0.1, 0.15) is 48.9 Å². The SMILES string of the molecule is O=C(c1ccc(NS(=O)(=O)c2ccc(F)cc2)cc1)N1CCC[C@@H]2CCCC[C@@H]21. The van der Waals surface area contributed by atoms with E-state index in [-0.39, 0.29) is 10.8 Å². The molecule has 29 heavy (non-hydrogen) atoms. The zero-order chi connectivity index (χ0) is 20.4. The summed E-state index contributed by atoms with van der Waals surface area (Å²) >= 11 is 0. The van der Waals surface area contributed by atoms with Crippen molar-refractivity contribution in [2.24, 2.45) is 5.92 Å². The van der Waals surface area contributed by atoms with E-state index in [4.69, 9.17) is 0 Å². The Morgan fingerprint density at radius 1 is 0.931 bits per heavy atom. The van der Waals surface area contributed by atoms with Crippen molar-refractivity contribution in [1.29, 1.82) is 0 Å². The molecule has 2 aromatic carbocycles. The fourth-order valence-corrected chi connectivity index (χ4v) is 5.61. The standard InChI is InChI=1S/C22H25FN2O3S/c23-18-9-13-20(14-10-18)29(27,28)24-19-11-7-17(8-12-19)22(26)25-15-3-5-16-4-1-2-6-21(16)25/h7-14,16,21,24H,1-6,15H2/t16-,21-/m0/s1. The summed E-state index contributed by atoms with van der Waals surface area (Å²) < 4.78 is 40.4. The molecule has 0 radical (unpaired) electrons. The van der Waals surface area contributed by atoms with Gasteiger partial charge in [-0.05, 0) is 80.1 Å². The fourth-order valence-electron chi connectivity index (χ4n) is 4.55. The van der Waals surface area contributed by atoms with Crippen molar-refractivity contribution in [3.05, 3.63) is 59.9 Å². The Labute approximate surface area is 171 Å². The summed E-state index contributed by atoms with van der Waals surface area (Å²) in [6.45, 7) is 0.791. The van der Waals surface area contributed by atoms with Crippen LogP contribution in [0.4, 0.5) is 10.1 Å². The molecule has 4 rings (SSSR count). The first-order valence-electron chi connectivity index (χ1n) is 10.1. The predicted octanol–water partition coefficient (Wildman–Crippen LogP) is 4.42. The number of sulfonamides is 1. The van der Waals surface area contributed by atoms with Crippen LogP contribution in [0.5, 0.6) is 0 Å². The molecule has 2 fully saturated rings. The Morgan fingerprint density at radius 3 is 2.31 bits per heavy atom. The van der Waals surface area contributed by atoms with Gasteiger partial charge in [-0.2, -0.15) is 0 Å². The summed E-state index contributed by atoms with van der Waals surface area (Å²) in [4.78, 5) is 15.1. The minimum atomic E-state index is -3.81. The van der Waals surface area contributed by atoms with Gasteiger partial charge in [0.1, 0.15) is 5.82 Å². The lowest BCUT2D eigenvalue weighted by molar-refractivity contribution is 0.0390. The van der Waals surface area contributed by atoms with Gasteiger partial charge in [0.05, 0.1) is 4.90 Å². The lowest BCUT2D eigenvalue weighted by Crippen LogP contribution is -2.49. The normalized spacial score (nSPS) is 22.0. The number of carbonyl (C=O) groups is 1. The lowest BCUT2D eigenvalue weighted by Gasteiger charge is -2.44. The maximum Gasteiger partial charge on any atom is 0.261 e. The van der Waals surface area contributed by atoms with E-state index < -0.39 is 15.8 Å². The van der Waals surface area contributed by atoms with Crippen molar-refractivity contribution in [3.8, 4) is 0 Å². The van der Waals surface area contributed by atoms with E-state index in [2.05, 4.69) is 4.72 Å². The summed E-state index contributed by atoms with van der Waals surface area (Å²) in [6, 6.07) is 11.5. The van der Waals surface area contributed by atoms with Gasteiger partial charge >= 0.3 is 0 Å². The quantitative estimate of drug-likeness (QED) is 0.802. The Bertz CT molecular complexity index is 972. The Morgan fingerprint density at radius 2 is 1.59 bits per heavy atom. The first-order valence-corrected chi connectivity index (χ1v) is 11.6. The maximum atomic E-state index is 13.1. The highest BCUT2D eigenvalue weighted by molar-refractivity contribution is 7.92. The number of nitrogens with zero attached hydrogens (tertiary/aromatic N) is 1. The second-order valence-electron chi connectivity index (χ2n) is 7.89. The largest absolute Gasteiger partial charge is 0.335 e. The van der Waals surface area contributed by atoms with E-state index in [1.165, 1.54) is 37.8 Å². The van der Waals surface area contributed by atoms with Gasteiger partial charge in [-0.15, -0.1) is 0 Å². The zero-order valence-corrected chi connectivity index (χ0v) is 17.0. The number of nitrogens with one attached hydrogen (secondary N) is 1. The van der Waals surface area contributed by atoms with Crippen LogP contribution in [0.15, 0.2) is 53.4 Å². The second kappa shape index (κ2) is 8.14. The van der Waals surface area contributed by atoms with Crippen LogP contribution >= 0.6 is 0 Å². The van der Waals surface area contributed by atoms with Gasteiger partial charge in [0, 0.05) is 23.8 Å². The lowest BCUT2D eigenvalue weighted by atomic mass is 9.78. The Hall–Kier alpha value is -2.41. The van der Waals surface area contributed by atoms with Gasteiger partial charge in [0.15, 0.2) is 0 Å². The minimum absolute atomic E-state index is 0.0179. The van der Waals surface area contributed by atoms with E-state index in [0.717, 1.165) is 31.5 Å². The van der Waals surface area contributed by atoms with Crippen molar-refractivity contribution >= 4 is 21.6 Å². The molecule has 1 heterocycles.